The number of hydrogen-bond acceptors (Lipinski definition) is 5. The number of amides is 1. The third-order valence-corrected chi connectivity index (χ3v) is 4.95. The molecule has 0 aliphatic rings. The van der Waals surface area contributed by atoms with E-state index in [0.717, 1.165) is 23.9 Å². The van der Waals surface area contributed by atoms with E-state index in [2.05, 4.69) is 22.1 Å². The normalized spacial score (nSPS) is 11.4. The van der Waals surface area contributed by atoms with Crippen molar-refractivity contribution in [2.24, 2.45) is 0 Å². The summed E-state index contributed by atoms with van der Waals surface area (Å²) in [6.45, 7) is 4.08. The fraction of sp³-hybridized carbons (Fsp3) is 0.167. The first-order valence-electron chi connectivity index (χ1n) is 8.17. The highest BCUT2D eigenvalue weighted by atomic mass is 35.5. The summed E-state index contributed by atoms with van der Waals surface area (Å²) in [5.41, 5.74) is -1.02. The van der Waals surface area contributed by atoms with Gasteiger partial charge < -0.3 is 9.73 Å². The molecule has 0 spiro atoms. The van der Waals surface area contributed by atoms with Crippen molar-refractivity contribution in [3.05, 3.63) is 59.8 Å². The lowest BCUT2D eigenvalue weighted by atomic mass is 10.2. The molecule has 1 aromatic carbocycles. The standard InChI is InChI=1S/C18H14ClF3N4O2S/c1-2-7-26-16(14-4-3-8-28-14)24-25-17(26)29-10-15(27)23-11-5-6-13(19)12(9-11)18(20,21)22/h2-6,8-9H,1,7,10H2,(H,23,27). The van der Waals surface area contributed by atoms with Gasteiger partial charge in [-0.2, -0.15) is 13.2 Å². The molecule has 6 nitrogen and oxygen atoms in total. The van der Waals surface area contributed by atoms with E-state index in [1.807, 2.05) is 0 Å². The van der Waals surface area contributed by atoms with E-state index >= 15 is 0 Å². The number of carbonyl (C=O) groups excluding carboxylic acids is 1. The SMILES string of the molecule is C=CCn1c(SCC(=O)Nc2ccc(Cl)c(C(F)(F)F)c2)nnc1-c1ccco1. The Morgan fingerprint density at radius 2 is 2.14 bits per heavy atom. The first-order chi connectivity index (χ1) is 13.8. The second kappa shape index (κ2) is 8.75. The zero-order chi connectivity index (χ0) is 21.0. The Balaban J connectivity index is 1.69. The number of aromatic nitrogens is 3. The Morgan fingerprint density at radius 3 is 2.79 bits per heavy atom. The highest BCUT2D eigenvalue weighted by Gasteiger charge is 2.33. The molecule has 11 heteroatoms. The molecule has 1 amide bonds. The molecule has 3 aromatic rings. The third-order valence-electron chi connectivity index (χ3n) is 3.66. The van der Waals surface area contributed by atoms with E-state index < -0.39 is 22.7 Å². The molecule has 0 saturated heterocycles. The summed E-state index contributed by atoms with van der Waals surface area (Å²) in [5, 5.41) is 10.5. The van der Waals surface area contributed by atoms with Gasteiger partial charge in [0.1, 0.15) is 0 Å². The molecule has 0 fully saturated rings. The van der Waals surface area contributed by atoms with Crippen LogP contribution in [0.2, 0.25) is 5.02 Å². The summed E-state index contributed by atoms with van der Waals surface area (Å²) in [6.07, 6.45) is -1.47. The molecular weight excluding hydrogens is 429 g/mol. The van der Waals surface area contributed by atoms with E-state index in [1.165, 1.54) is 12.3 Å². The van der Waals surface area contributed by atoms with Crippen molar-refractivity contribution < 1.29 is 22.4 Å². The van der Waals surface area contributed by atoms with Crippen LogP contribution in [-0.4, -0.2) is 26.4 Å². The number of nitrogens with one attached hydrogen (secondary N) is 1. The van der Waals surface area contributed by atoms with Gasteiger partial charge in [0.15, 0.2) is 10.9 Å². The summed E-state index contributed by atoms with van der Waals surface area (Å²) < 4.78 is 45.8. The van der Waals surface area contributed by atoms with Crippen LogP contribution in [0.3, 0.4) is 0 Å². The minimum absolute atomic E-state index is 0.00356. The predicted molar refractivity (Wildman–Crippen MR) is 104 cm³/mol. The van der Waals surface area contributed by atoms with Crippen molar-refractivity contribution in [2.75, 3.05) is 11.1 Å². The number of alkyl halides is 3. The van der Waals surface area contributed by atoms with Gasteiger partial charge in [-0.25, -0.2) is 0 Å². The van der Waals surface area contributed by atoms with Gasteiger partial charge >= 0.3 is 6.18 Å². The molecule has 1 N–H and O–H groups in total. The van der Waals surface area contributed by atoms with Gasteiger partial charge in [-0.05, 0) is 30.3 Å². The van der Waals surface area contributed by atoms with E-state index in [0.29, 0.717) is 23.3 Å². The van der Waals surface area contributed by atoms with Crippen LogP contribution in [0.4, 0.5) is 18.9 Å². The molecule has 2 heterocycles. The topological polar surface area (TPSA) is 73.0 Å². The quantitative estimate of drug-likeness (QED) is 0.406. The molecule has 0 atom stereocenters. The van der Waals surface area contributed by atoms with Gasteiger partial charge in [-0.3, -0.25) is 9.36 Å². The number of thioether (sulfide) groups is 1. The van der Waals surface area contributed by atoms with Gasteiger partial charge in [-0.1, -0.05) is 29.4 Å². The van der Waals surface area contributed by atoms with E-state index in [9.17, 15) is 18.0 Å². The Labute approximate surface area is 172 Å². The highest BCUT2D eigenvalue weighted by Crippen LogP contribution is 2.36. The molecular formula is C18H14ClF3N4O2S. The monoisotopic (exact) mass is 442 g/mol. The van der Waals surface area contributed by atoms with Crippen LogP contribution in [-0.2, 0) is 17.5 Å². The van der Waals surface area contributed by atoms with Crippen LogP contribution < -0.4 is 5.32 Å². The molecule has 0 bridgehead atoms. The number of rotatable bonds is 7. The second-order valence-electron chi connectivity index (χ2n) is 5.71. The van der Waals surface area contributed by atoms with E-state index in [4.69, 9.17) is 16.0 Å². The number of hydrogen-bond donors (Lipinski definition) is 1. The summed E-state index contributed by atoms with van der Waals surface area (Å²) in [6, 6.07) is 6.62. The average Bonchev–Trinajstić information content (AvgIpc) is 3.31. The number of nitrogens with zero attached hydrogens (tertiary/aromatic N) is 3. The lowest BCUT2D eigenvalue weighted by Crippen LogP contribution is -2.15. The van der Waals surface area contributed by atoms with Gasteiger partial charge in [0.2, 0.25) is 11.7 Å². The average molecular weight is 443 g/mol. The van der Waals surface area contributed by atoms with Crippen molar-refractivity contribution in [3.8, 4) is 11.6 Å². The number of halogens is 4. The fourth-order valence-corrected chi connectivity index (χ4v) is 3.40. The summed E-state index contributed by atoms with van der Waals surface area (Å²) in [5.74, 6) is 0.400. The minimum atomic E-state index is -4.62. The van der Waals surface area contributed by atoms with Crippen LogP contribution in [0.25, 0.3) is 11.6 Å². The third kappa shape index (κ3) is 5.01. The zero-order valence-electron chi connectivity index (χ0n) is 14.7. The van der Waals surface area contributed by atoms with Gasteiger partial charge in [-0.15, -0.1) is 16.8 Å². The highest BCUT2D eigenvalue weighted by molar-refractivity contribution is 7.99. The Kier molecular flexibility index (Phi) is 6.33. The first-order valence-corrected chi connectivity index (χ1v) is 9.53. The number of allylic oxidation sites excluding steroid dienone is 1. The maximum absolute atomic E-state index is 12.9. The molecule has 0 aliphatic heterocycles. The lowest BCUT2D eigenvalue weighted by molar-refractivity contribution is -0.137. The Bertz CT molecular complexity index is 1020. The first kappa shape index (κ1) is 21.0. The van der Waals surface area contributed by atoms with Crippen LogP contribution in [0, 0.1) is 0 Å². The molecule has 152 valence electrons. The summed E-state index contributed by atoms with van der Waals surface area (Å²) in [7, 11) is 0. The van der Waals surface area contributed by atoms with Gasteiger partial charge in [0.25, 0.3) is 0 Å². The van der Waals surface area contributed by atoms with Crippen molar-refractivity contribution in [1.29, 1.82) is 0 Å². The molecule has 3 rings (SSSR count). The number of carbonyl (C=O) groups is 1. The van der Waals surface area contributed by atoms with Crippen LogP contribution in [0.1, 0.15) is 5.56 Å². The van der Waals surface area contributed by atoms with Gasteiger partial charge in [0.05, 0.1) is 22.6 Å². The largest absolute Gasteiger partial charge is 0.461 e. The van der Waals surface area contributed by atoms with Crippen LogP contribution in [0.5, 0.6) is 0 Å². The molecule has 0 aliphatic carbocycles. The smallest absolute Gasteiger partial charge is 0.417 e. The summed E-state index contributed by atoms with van der Waals surface area (Å²) in [4.78, 5) is 12.2. The maximum Gasteiger partial charge on any atom is 0.417 e. The number of anilines is 1. The second-order valence-corrected chi connectivity index (χ2v) is 7.06. The van der Waals surface area contributed by atoms with Crippen LogP contribution >= 0.6 is 23.4 Å². The minimum Gasteiger partial charge on any atom is -0.461 e. The molecule has 2 aromatic heterocycles. The van der Waals surface area contributed by atoms with Gasteiger partial charge in [0, 0.05) is 12.2 Å². The summed E-state index contributed by atoms with van der Waals surface area (Å²) >= 11 is 6.66. The van der Waals surface area contributed by atoms with Crippen molar-refractivity contribution in [3.63, 3.8) is 0 Å². The number of benzene rings is 1. The van der Waals surface area contributed by atoms with E-state index in [-0.39, 0.29) is 11.4 Å². The van der Waals surface area contributed by atoms with E-state index in [1.54, 1.807) is 22.8 Å². The van der Waals surface area contributed by atoms with Crippen LogP contribution in [0.15, 0.2) is 58.8 Å². The molecule has 0 unspecified atom stereocenters. The molecule has 0 saturated carbocycles. The van der Waals surface area contributed by atoms with Crippen molar-refractivity contribution in [2.45, 2.75) is 17.9 Å². The van der Waals surface area contributed by atoms with Crippen molar-refractivity contribution >= 4 is 35.0 Å². The molecule has 0 radical (unpaired) electrons. The molecule has 29 heavy (non-hydrogen) atoms. The van der Waals surface area contributed by atoms with Crippen molar-refractivity contribution in [1.82, 2.24) is 14.8 Å². The fourth-order valence-electron chi connectivity index (χ4n) is 2.42. The number of furan rings is 1. The lowest BCUT2D eigenvalue weighted by Gasteiger charge is -2.12. The zero-order valence-corrected chi connectivity index (χ0v) is 16.3. The Hall–Kier alpha value is -2.72. The Morgan fingerprint density at radius 1 is 1.34 bits per heavy atom. The maximum atomic E-state index is 12.9. The predicted octanol–water partition coefficient (Wildman–Crippen LogP) is 5.13.